The van der Waals surface area contributed by atoms with Crippen molar-refractivity contribution in [3.63, 3.8) is 0 Å². The predicted octanol–water partition coefficient (Wildman–Crippen LogP) is 1.66. The Hall–Kier alpha value is -1.30. The van der Waals surface area contributed by atoms with E-state index in [2.05, 4.69) is 29.4 Å². The molecule has 1 aliphatic rings. The quantitative estimate of drug-likeness (QED) is 0.605. The minimum atomic E-state index is -0.901. The molecule has 1 aliphatic heterocycles. The van der Waals surface area contributed by atoms with E-state index < -0.39 is 5.97 Å². The molecule has 0 radical (unpaired) electrons. The summed E-state index contributed by atoms with van der Waals surface area (Å²) < 4.78 is 0. The number of rotatable bonds is 9. The number of hydrogen-bond acceptors (Lipinski definition) is 3. The summed E-state index contributed by atoms with van der Waals surface area (Å²) in [5.41, 5.74) is 0. The normalized spacial score (nSPS) is 16.9. The number of hydrogen-bond donors (Lipinski definition) is 3. The molecular formula is C15H29N3O3. The summed E-state index contributed by atoms with van der Waals surface area (Å²) in [6.07, 6.45) is 4.65. The van der Waals surface area contributed by atoms with Crippen LogP contribution in [0, 0.1) is 5.92 Å². The Balaban J connectivity index is 2.41. The number of nitrogens with one attached hydrogen (secondary N) is 2. The first kappa shape index (κ1) is 17.8. The first-order chi connectivity index (χ1) is 10.1. The highest BCUT2D eigenvalue weighted by Gasteiger charge is 2.27. The van der Waals surface area contributed by atoms with Crippen molar-refractivity contribution < 1.29 is 14.7 Å². The smallest absolute Gasteiger partial charge is 0.314 e. The molecule has 1 rings (SSSR count). The van der Waals surface area contributed by atoms with E-state index in [0.717, 1.165) is 25.9 Å². The highest BCUT2D eigenvalue weighted by molar-refractivity contribution is 5.75. The summed E-state index contributed by atoms with van der Waals surface area (Å²) in [5.74, 6) is -0.315. The van der Waals surface area contributed by atoms with Gasteiger partial charge in [0.05, 0.1) is 6.42 Å². The number of carboxylic acids is 1. The van der Waals surface area contributed by atoms with E-state index in [-0.39, 0.29) is 19.0 Å². The lowest BCUT2D eigenvalue weighted by atomic mass is 9.93. The van der Waals surface area contributed by atoms with Crippen LogP contribution in [0.4, 0.5) is 4.79 Å². The van der Waals surface area contributed by atoms with Crippen molar-refractivity contribution in [2.24, 2.45) is 5.92 Å². The van der Waals surface area contributed by atoms with E-state index in [1.165, 1.54) is 12.8 Å². The number of likely N-dealkylation sites (tertiary alicyclic amines) is 1. The van der Waals surface area contributed by atoms with Crippen molar-refractivity contribution in [2.45, 2.75) is 52.0 Å². The maximum absolute atomic E-state index is 11.7. The van der Waals surface area contributed by atoms with Crippen LogP contribution in [0.5, 0.6) is 0 Å². The van der Waals surface area contributed by atoms with Crippen LogP contribution in [0.15, 0.2) is 0 Å². The number of aliphatic carboxylic acids is 1. The number of carboxylic acid groups (broad SMARTS) is 1. The molecule has 0 spiro atoms. The fraction of sp³-hybridized carbons (Fsp3) is 0.867. The number of amides is 2. The molecule has 3 N–H and O–H groups in total. The van der Waals surface area contributed by atoms with Gasteiger partial charge >= 0.3 is 12.0 Å². The molecule has 0 saturated carbocycles. The number of carbonyl (C=O) groups excluding carboxylic acids is 1. The van der Waals surface area contributed by atoms with Gasteiger partial charge in [-0.15, -0.1) is 0 Å². The third-order valence-corrected chi connectivity index (χ3v) is 4.30. The van der Waals surface area contributed by atoms with Gasteiger partial charge in [-0.1, -0.05) is 26.7 Å². The second kappa shape index (κ2) is 9.60. The van der Waals surface area contributed by atoms with Gasteiger partial charge in [0.1, 0.15) is 0 Å². The van der Waals surface area contributed by atoms with Crippen molar-refractivity contribution in [1.29, 1.82) is 0 Å². The van der Waals surface area contributed by atoms with Crippen molar-refractivity contribution in [3.8, 4) is 0 Å². The maximum atomic E-state index is 11.7. The Morgan fingerprint density at radius 3 is 2.29 bits per heavy atom. The molecule has 0 aromatic heterocycles. The van der Waals surface area contributed by atoms with Crippen LogP contribution in [0.3, 0.4) is 0 Å². The molecule has 122 valence electrons. The molecule has 1 saturated heterocycles. The molecular weight excluding hydrogens is 270 g/mol. The Labute approximate surface area is 127 Å². The third kappa shape index (κ3) is 6.33. The summed E-state index contributed by atoms with van der Waals surface area (Å²) in [6, 6.07) is 0.110. The summed E-state index contributed by atoms with van der Waals surface area (Å²) in [5, 5.41) is 14.0. The van der Waals surface area contributed by atoms with Crippen LogP contribution in [0.2, 0.25) is 0 Å². The number of nitrogens with zero attached hydrogens (tertiary/aromatic N) is 1. The van der Waals surface area contributed by atoms with Crippen LogP contribution in [0.1, 0.15) is 46.0 Å². The van der Waals surface area contributed by atoms with Crippen LogP contribution in [0.25, 0.3) is 0 Å². The Kier molecular flexibility index (Phi) is 8.12. The number of carbonyl (C=O) groups is 2. The van der Waals surface area contributed by atoms with Crippen molar-refractivity contribution >= 4 is 12.0 Å². The average Bonchev–Trinajstić information content (AvgIpc) is 2.96. The van der Waals surface area contributed by atoms with E-state index in [9.17, 15) is 9.59 Å². The van der Waals surface area contributed by atoms with Gasteiger partial charge in [0.25, 0.3) is 0 Å². The van der Waals surface area contributed by atoms with Crippen molar-refractivity contribution in [3.05, 3.63) is 0 Å². The van der Waals surface area contributed by atoms with Crippen LogP contribution < -0.4 is 10.6 Å². The van der Waals surface area contributed by atoms with Gasteiger partial charge in [-0.05, 0) is 31.8 Å². The Morgan fingerprint density at radius 1 is 1.14 bits per heavy atom. The highest BCUT2D eigenvalue weighted by atomic mass is 16.4. The van der Waals surface area contributed by atoms with E-state index >= 15 is 0 Å². The second-order valence-corrected chi connectivity index (χ2v) is 5.67. The molecule has 21 heavy (non-hydrogen) atoms. The zero-order valence-electron chi connectivity index (χ0n) is 13.2. The largest absolute Gasteiger partial charge is 0.481 e. The van der Waals surface area contributed by atoms with Gasteiger partial charge in [0.15, 0.2) is 0 Å². The second-order valence-electron chi connectivity index (χ2n) is 5.67. The molecule has 0 aromatic carbocycles. The highest BCUT2D eigenvalue weighted by Crippen LogP contribution is 2.22. The average molecular weight is 299 g/mol. The molecule has 0 aromatic rings. The lowest BCUT2D eigenvalue weighted by Gasteiger charge is -2.33. The van der Waals surface area contributed by atoms with Crippen LogP contribution in [-0.2, 0) is 4.79 Å². The van der Waals surface area contributed by atoms with Gasteiger partial charge in [-0.25, -0.2) is 4.79 Å². The van der Waals surface area contributed by atoms with Crippen LogP contribution in [-0.4, -0.2) is 54.2 Å². The standard InChI is InChI=1S/C15H29N3O3/c1-3-12(4-2)13(18-9-5-6-10-18)11-17-15(21)16-8-7-14(19)20/h12-13H,3-11H2,1-2H3,(H,19,20)(H2,16,17,21). The van der Waals surface area contributed by atoms with Gasteiger partial charge < -0.3 is 15.7 Å². The fourth-order valence-corrected chi connectivity index (χ4v) is 3.04. The first-order valence-electron chi connectivity index (χ1n) is 8.06. The molecule has 6 nitrogen and oxygen atoms in total. The minimum Gasteiger partial charge on any atom is -0.481 e. The third-order valence-electron chi connectivity index (χ3n) is 4.30. The van der Waals surface area contributed by atoms with Gasteiger partial charge in [-0.3, -0.25) is 9.69 Å². The molecule has 2 amide bonds. The lowest BCUT2D eigenvalue weighted by molar-refractivity contribution is -0.136. The molecule has 1 unspecified atom stereocenters. The predicted molar refractivity (Wildman–Crippen MR) is 82.3 cm³/mol. The Morgan fingerprint density at radius 2 is 1.76 bits per heavy atom. The maximum Gasteiger partial charge on any atom is 0.314 e. The summed E-state index contributed by atoms with van der Waals surface area (Å²) in [6.45, 7) is 7.42. The summed E-state index contributed by atoms with van der Waals surface area (Å²) >= 11 is 0. The monoisotopic (exact) mass is 299 g/mol. The van der Waals surface area contributed by atoms with Crippen molar-refractivity contribution in [2.75, 3.05) is 26.2 Å². The van der Waals surface area contributed by atoms with E-state index in [1.807, 2.05) is 0 Å². The summed E-state index contributed by atoms with van der Waals surface area (Å²) in [7, 11) is 0. The number of urea groups is 1. The minimum absolute atomic E-state index is 0.0461. The van der Waals surface area contributed by atoms with Crippen LogP contribution >= 0.6 is 0 Å². The zero-order chi connectivity index (χ0) is 15.7. The van der Waals surface area contributed by atoms with Gasteiger partial charge in [0, 0.05) is 19.1 Å². The van der Waals surface area contributed by atoms with E-state index in [0.29, 0.717) is 18.5 Å². The molecule has 0 bridgehead atoms. The first-order valence-corrected chi connectivity index (χ1v) is 8.06. The SMILES string of the molecule is CCC(CC)C(CNC(=O)NCCC(=O)O)N1CCCC1. The molecule has 1 fully saturated rings. The summed E-state index contributed by atoms with van der Waals surface area (Å²) in [4.78, 5) is 24.6. The molecule has 6 heteroatoms. The molecule has 1 atom stereocenters. The molecule has 0 aliphatic carbocycles. The van der Waals surface area contributed by atoms with Gasteiger partial charge in [0.2, 0.25) is 0 Å². The van der Waals surface area contributed by atoms with E-state index in [1.54, 1.807) is 0 Å². The fourth-order valence-electron chi connectivity index (χ4n) is 3.04. The molecule has 1 heterocycles. The van der Waals surface area contributed by atoms with Gasteiger partial charge in [-0.2, -0.15) is 0 Å². The Bertz CT molecular complexity index is 324. The zero-order valence-corrected chi connectivity index (χ0v) is 13.2. The lowest BCUT2D eigenvalue weighted by Crippen LogP contribution is -2.49. The van der Waals surface area contributed by atoms with Crippen molar-refractivity contribution in [1.82, 2.24) is 15.5 Å². The van der Waals surface area contributed by atoms with E-state index in [4.69, 9.17) is 5.11 Å². The topological polar surface area (TPSA) is 81.7 Å².